The van der Waals surface area contributed by atoms with Crippen molar-refractivity contribution in [2.45, 2.75) is 32.8 Å². The molecule has 21 heavy (non-hydrogen) atoms. The van der Waals surface area contributed by atoms with Crippen LogP contribution >= 0.6 is 0 Å². The van der Waals surface area contributed by atoms with Crippen LogP contribution in [0.25, 0.3) is 0 Å². The normalized spacial score (nSPS) is 21.5. The van der Waals surface area contributed by atoms with Crippen LogP contribution < -0.4 is 0 Å². The molecule has 2 rings (SSSR count). The highest BCUT2D eigenvalue weighted by atomic mass is 16.5. The van der Waals surface area contributed by atoms with Gasteiger partial charge in [0.2, 0.25) is 0 Å². The molecule has 3 nitrogen and oxygen atoms in total. The largest absolute Gasteiger partial charge is 0.388 e. The highest BCUT2D eigenvalue weighted by Crippen LogP contribution is 2.34. The fourth-order valence-electron chi connectivity index (χ4n) is 3.33. The third-order valence-electron chi connectivity index (χ3n) is 4.36. The minimum Gasteiger partial charge on any atom is -0.388 e. The second-order valence-corrected chi connectivity index (χ2v) is 7.08. The maximum atomic E-state index is 10.7. The molecule has 1 aliphatic rings. The molecule has 1 N–H and O–H groups in total. The van der Waals surface area contributed by atoms with E-state index in [9.17, 15) is 5.11 Å². The molecule has 1 aliphatic heterocycles. The van der Waals surface area contributed by atoms with Crippen molar-refractivity contribution in [1.29, 1.82) is 0 Å². The summed E-state index contributed by atoms with van der Waals surface area (Å²) in [6.45, 7) is 7.99. The Morgan fingerprint density at radius 2 is 2.05 bits per heavy atom. The van der Waals surface area contributed by atoms with Gasteiger partial charge >= 0.3 is 0 Å². The van der Waals surface area contributed by atoms with Crippen LogP contribution in [0.5, 0.6) is 0 Å². The third kappa shape index (κ3) is 4.80. The number of hydrogen-bond acceptors (Lipinski definition) is 3. The Balaban J connectivity index is 1.89. The van der Waals surface area contributed by atoms with Crippen molar-refractivity contribution in [2.75, 3.05) is 33.4 Å². The van der Waals surface area contributed by atoms with Crippen LogP contribution in [0.2, 0.25) is 0 Å². The average Bonchev–Trinajstić information content (AvgIpc) is 2.47. The van der Waals surface area contributed by atoms with Crippen molar-refractivity contribution >= 4 is 0 Å². The van der Waals surface area contributed by atoms with E-state index in [1.54, 1.807) is 0 Å². The molecule has 3 heteroatoms. The van der Waals surface area contributed by atoms with E-state index in [-0.39, 0.29) is 5.41 Å². The van der Waals surface area contributed by atoms with Gasteiger partial charge in [-0.05, 0) is 31.4 Å². The van der Waals surface area contributed by atoms with Crippen LogP contribution in [0.3, 0.4) is 0 Å². The number of aliphatic hydroxyl groups excluding tert-OH is 1. The smallest absolute Gasteiger partial charge is 0.0853 e. The SMILES string of the molecule is CN(CC1CCCOC1)CC(C)(C)C(O)c1ccccc1. The van der Waals surface area contributed by atoms with E-state index in [2.05, 4.69) is 25.8 Å². The van der Waals surface area contributed by atoms with Crippen LogP contribution in [-0.2, 0) is 4.74 Å². The summed E-state index contributed by atoms with van der Waals surface area (Å²) >= 11 is 0. The van der Waals surface area contributed by atoms with Crippen molar-refractivity contribution in [3.05, 3.63) is 35.9 Å². The highest BCUT2D eigenvalue weighted by molar-refractivity contribution is 5.19. The molecule has 0 aliphatic carbocycles. The van der Waals surface area contributed by atoms with Gasteiger partial charge in [0.25, 0.3) is 0 Å². The van der Waals surface area contributed by atoms with E-state index < -0.39 is 6.10 Å². The molecule has 2 atom stereocenters. The molecule has 0 bridgehead atoms. The summed E-state index contributed by atoms with van der Waals surface area (Å²) in [6, 6.07) is 9.95. The molecule has 1 aromatic rings. The molecule has 0 spiro atoms. The van der Waals surface area contributed by atoms with Gasteiger partial charge in [-0.25, -0.2) is 0 Å². The van der Waals surface area contributed by atoms with E-state index in [1.165, 1.54) is 12.8 Å². The summed E-state index contributed by atoms with van der Waals surface area (Å²) in [5.41, 5.74) is 0.822. The molecule has 1 fully saturated rings. The van der Waals surface area contributed by atoms with E-state index >= 15 is 0 Å². The van der Waals surface area contributed by atoms with Gasteiger partial charge in [-0.15, -0.1) is 0 Å². The van der Waals surface area contributed by atoms with Crippen molar-refractivity contribution in [1.82, 2.24) is 4.90 Å². The number of aliphatic hydroxyl groups is 1. The highest BCUT2D eigenvalue weighted by Gasteiger charge is 2.31. The maximum Gasteiger partial charge on any atom is 0.0853 e. The van der Waals surface area contributed by atoms with Crippen molar-refractivity contribution in [3.63, 3.8) is 0 Å². The Morgan fingerprint density at radius 1 is 1.33 bits per heavy atom. The molecular weight excluding hydrogens is 262 g/mol. The molecule has 0 radical (unpaired) electrons. The summed E-state index contributed by atoms with van der Waals surface area (Å²) in [7, 11) is 2.15. The lowest BCUT2D eigenvalue weighted by molar-refractivity contribution is 0.00729. The van der Waals surface area contributed by atoms with Crippen LogP contribution in [0.1, 0.15) is 38.4 Å². The lowest BCUT2D eigenvalue weighted by atomic mass is 9.82. The fraction of sp³-hybridized carbons (Fsp3) is 0.667. The number of benzene rings is 1. The van der Waals surface area contributed by atoms with E-state index in [0.717, 1.165) is 31.9 Å². The predicted octanol–water partition coefficient (Wildman–Crippen LogP) is 3.10. The van der Waals surface area contributed by atoms with E-state index in [4.69, 9.17) is 4.74 Å². The number of ether oxygens (including phenoxy) is 1. The quantitative estimate of drug-likeness (QED) is 0.874. The van der Waals surface area contributed by atoms with Gasteiger partial charge in [-0.1, -0.05) is 44.2 Å². The molecule has 0 saturated carbocycles. The molecule has 0 aromatic heterocycles. The van der Waals surface area contributed by atoms with Crippen LogP contribution in [-0.4, -0.2) is 43.4 Å². The summed E-state index contributed by atoms with van der Waals surface area (Å²) in [5.74, 6) is 0.633. The van der Waals surface area contributed by atoms with Gasteiger partial charge in [0.15, 0.2) is 0 Å². The molecule has 118 valence electrons. The Bertz CT molecular complexity index is 412. The summed E-state index contributed by atoms with van der Waals surface area (Å²) in [5, 5.41) is 10.7. The standard InChI is InChI=1S/C18H29NO2/c1-18(2,17(20)16-9-5-4-6-10-16)14-19(3)12-15-8-7-11-21-13-15/h4-6,9-10,15,17,20H,7-8,11-14H2,1-3H3. The van der Waals surface area contributed by atoms with Gasteiger partial charge in [0.1, 0.15) is 0 Å². The molecule has 1 saturated heterocycles. The Morgan fingerprint density at radius 3 is 2.67 bits per heavy atom. The second kappa shape index (κ2) is 7.39. The average molecular weight is 291 g/mol. The topological polar surface area (TPSA) is 32.7 Å². The summed E-state index contributed by atoms with van der Waals surface area (Å²) in [4.78, 5) is 2.34. The number of rotatable bonds is 6. The second-order valence-electron chi connectivity index (χ2n) is 7.08. The first-order valence-electron chi connectivity index (χ1n) is 7.98. The van der Waals surface area contributed by atoms with Crippen LogP contribution in [0.4, 0.5) is 0 Å². The zero-order valence-electron chi connectivity index (χ0n) is 13.6. The fourth-order valence-corrected chi connectivity index (χ4v) is 3.33. The van der Waals surface area contributed by atoms with Gasteiger partial charge in [-0.2, -0.15) is 0 Å². The van der Waals surface area contributed by atoms with Crippen molar-refractivity contribution < 1.29 is 9.84 Å². The minimum absolute atomic E-state index is 0.175. The number of hydrogen-bond donors (Lipinski definition) is 1. The van der Waals surface area contributed by atoms with Gasteiger partial charge < -0.3 is 14.7 Å². The van der Waals surface area contributed by atoms with Crippen molar-refractivity contribution in [2.24, 2.45) is 11.3 Å². The third-order valence-corrected chi connectivity index (χ3v) is 4.36. The summed E-state index contributed by atoms with van der Waals surface area (Å²) < 4.78 is 5.55. The zero-order valence-corrected chi connectivity index (χ0v) is 13.6. The zero-order chi connectivity index (χ0) is 15.3. The summed E-state index contributed by atoms with van der Waals surface area (Å²) in [6.07, 6.45) is 1.99. The number of nitrogens with zero attached hydrogens (tertiary/aromatic N) is 1. The monoisotopic (exact) mass is 291 g/mol. The minimum atomic E-state index is -0.441. The first kappa shape index (κ1) is 16.5. The van der Waals surface area contributed by atoms with Crippen LogP contribution in [0.15, 0.2) is 30.3 Å². The lowest BCUT2D eigenvalue weighted by Crippen LogP contribution is -2.39. The molecule has 1 aromatic carbocycles. The lowest BCUT2D eigenvalue weighted by Gasteiger charge is -2.36. The maximum absolute atomic E-state index is 10.7. The Kier molecular flexibility index (Phi) is 5.80. The van der Waals surface area contributed by atoms with Crippen LogP contribution in [0, 0.1) is 11.3 Å². The first-order valence-corrected chi connectivity index (χ1v) is 7.98. The first-order chi connectivity index (χ1) is 9.99. The molecule has 2 unspecified atom stereocenters. The predicted molar refractivity (Wildman–Crippen MR) is 86.2 cm³/mol. The molecule has 0 amide bonds. The molecular formula is C18H29NO2. The van der Waals surface area contributed by atoms with Gasteiger partial charge in [0, 0.05) is 25.1 Å². The van der Waals surface area contributed by atoms with Gasteiger partial charge in [-0.3, -0.25) is 0 Å². The van der Waals surface area contributed by atoms with Gasteiger partial charge in [0.05, 0.1) is 12.7 Å². The molecule has 1 heterocycles. The Labute approximate surface area is 128 Å². The van der Waals surface area contributed by atoms with E-state index in [1.807, 2.05) is 30.3 Å². The van der Waals surface area contributed by atoms with E-state index in [0.29, 0.717) is 5.92 Å². The Hall–Kier alpha value is -0.900. The van der Waals surface area contributed by atoms with Crippen molar-refractivity contribution in [3.8, 4) is 0 Å².